The van der Waals surface area contributed by atoms with E-state index in [1.54, 1.807) is 0 Å². The summed E-state index contributed by atoms with van der Waals surface area (Å²) < 4.78 is 0. The van der Waals surface area contributed by atoms with Crippen LogP contribution in [0, 0.1) is 17.2 Å². The summed E-state index contributed by atoms with van der Waals surface area (Å²) >= 11 is 0. The molecule has 1 aliphatic rings. The molecule has 0 aromatic heterocycles. The molecule has 0 heterocycles. The minimum absolute atomic E-state index is 0.683. The quantitative estimate of drug-likeness (QED) is 0.673. The predicted octanol–water partition coefficient (Wildman–Crippen LogP) is 5.35. The fraction of sp³-hybridized carbons (Fsp3) is 0.421. The third-order valence-electron chi connectivity index (χ3n) is 4.20. The van der Waals surface area contributed by atoms with Gasteiger partial charge >= 0.3 is 0 Å². The molecule has 1 nitrogen and oxygen atoms in total. The lowest BCUT2D eigenvalue weighted by Crippen LogP contribution is -2.11. The van der Waals surface area contributed by atoms with E-state index in [0.717, 1.165) is 17.9 Å². The Morgan fingerprint density at radius 1 is 1.10 bits per heavy atom. The maximum atomic E-state index is 8.83. The number of rotatable bonds is 4. The van der Waals surface area contributed by atoms with Crippen LogP contribution >= 0.6 is 0 Å². The number of benzene rings is 1. The molecule has 0 unspecified atom stereocenters. The van der Waals surface area contributed by atoms with Gasteiger partial charge in [-0.3, -0.25) is 0 Å². The summed E-state index contributed by atoms with van der Waals surface area (Å²) in [5.74, 6) is 1.44. The van der Waals surface area contributed by atoms with Gasteiger partial charge in [0.15, 0.2) is 0 Å². The molecule has 1 heteroatoms. The fourth-order valence-corrected chi connectivity index (χ4v) is 2.96. The third-order valence-corrected chi connectivity index (χ3v) is 4.20. The van der Waals surface area contributed by atoms with Crippen LogP contribution < -0.4 is 0 Å². The number of nitriles is 1. The second kappa shape index (κ2) is 7.70. The summed E-state index contributed by atoms with van der Waals surface area (Å²) in [7, 11) is 0. The molecule has 1 saturated carbocycles. The maximum absolute atomic E-state index is 8.83. The van der Waals surface area contributed by atoms with Crippen molar-refractivity contribution < 1.29 is 0 Å². The van der Waals surface area contributed by atoms with Gasteiger partial charge < -0.3 is 0 Å². The molecular formula is C19H23N. The first-order chi connectivity index (χ1) is 9.83. The van der Waals surface area contributed by atoms with Gasteiger partial charge in [0.1, 0.15) is 0 Å². The molecule has 1 aromatic carbocycles. The normalized spacial score (nSPS) is 23.2. The number of nitrogens with zero attached hydrogens (tertiary/aromatic N) is 1. The fourth-order valence-electron chi connectivity index (χ4n) is 2.96. The first kappa shape index (κ1) is 14.6. The van der Waals surface area contributed by atoms with Crippen molar-refractivity contribution in [3.63, 3.8) is 0 Å². The smallest absolute Gasteiger partial charge is 0.0991 e. The Labute approximate surface area is 122 Å². The molecule has 0 spiro atoms. The number of hydrogen-bond acceptors (Lipinski definition) is 1. The lowest BCUT2D eigenvalue weighted by molar-refractivity contribution is 0.375. The highest BCUT2D eigenvalue weighted by Gasteiger charge is 2.20. The van der Waals surface area contributed by atoms with Gasteiger partial charge in [0.2, 0.25) is 0 Å². The Kier molecular flexibility index (Phi) is 5.62. The Morgan fingerprint density at radius 2 is 1.80 bits per heavy atom. The zero-order chi connectivity index (χ0) is 14.2. The van der Waals surface area contributed by atoms with Gasteiger partial charge in [-0.2, -0.15) is 5.26 Å². The average Bonchev–Trinajstić information content (AvgIpc) is 2.52. The van der Waals surface area contributed by atoms with Crippen molar-refractivity contribution in [1.82, 2.24) is 0 Å². The van der Waals surface area contributed by atoms with Crippen molar-refractivity contribution >= 4 is 0 Å². The van der Waals surface area contributed by atoms with Crippen LogP contribution in [0.25, 0.3) is 0 Å². The second-order valence-electron chi connectivity index (χ2n) is 5.58. The molecule has 1 fully saturated rings. The van der Waals surface area contributed by atoms with E-state index in [2.05, 4.69) is 49.4 Å². The molecule has 104 valence electrons. The Morgan fingerprint density at radius 3 is 2.40 bits per heavy atom. The van der Waals surface area contributed by atoms with Crippen LogP contribution in [0.4, 0.5) is 0 Å². The minimum Gasteiger partial charge on any atom is -0.192 e. The molecule has 0 bridgehead atoms. The Bertz CT molecular complexity index is 494. The summed E-state index contributed by atoms with van der Waals surface area (Å²) in [6.07, 6.45) is 15.2. The van der Waals surface area contributed by atoms with Gasteiger partial charge in [0, 0.05) is 0 Å². The van der Waals surface area contributed by atoms with Gasteiger partial charge in [0.05, 0.1) is 11.6 Å². The first-order valence-corrected chi connectivity index (χ1v) is 7.61. The van der Waals surface area contributed by atoms with E-state index in [-0.39, 0.29) is 0 Å². The minimum atomic E-state index is 0.683. The first-order valence-electron chi connectivity index (χ1n) is 7.61. The van der Waals surface area contributed by atoms with E-state index in [1.165, 1.54) is 31.2 Å². The number of hydrogen-bond donors (Lipinski definition) is 0. The van der Waals surface area contributed by atoms with Gasteiger partial charge in [0.25, 0.3) is 0 Å². The topological polar surface area (TPSA) is 23.8 Å². The van der Waals surface area contributed by atoms with E-state index >= 15 is 0 Å². The molecule has 20 heavy (non-hydrogen) atoms. The molecule has 0 N–H and O–H groups in total. The average molecular weight is 265 g/mol. The molecule has 0 aliphatic heterocycles. The van der Waals surface area contributed by atoms with E-state index in [9.17, 15) is 0 Å². The van der Waals surface area contributed by atoms with Crippen LogP contribution in [0.5, 0.6) is 0 Å². The standard InChI is InChI=1S/C19H23N/c1-2-3-4-5-6-16-7-11-18(12-8-16)19-13-9-17(15-20)10-14-19/h2-3,5-6,9-10,13-14,16,18H,4,7-8,11-12H2,1H3. The maximum Gasteiger partial charge on any atom is 0.0991 e. The van der Waals surface area contributed by atoms with Crippen LogP contribution in [0.15, 0.2) is 48.6 Å². The summed E-state index contributed by atoms with van der Waals surface area (Å²) in [4.78, 5) is 0. The van der Waals surface area contributed by atoms with Crippen molar-refractivity contribution in [3.05, 3.63) is 59.7 Å². The summed E-state index contributed by atoms with van der Waals surface area (Å²) in [6.45, 7) is 2.07. The van der Waals surface area contributed by atoms with Crippen molar-refractivity contribution in [2.45, 2.75) is 44.9 Å². The lowest BCUT2D eigenvalue weighted by Gasteiger charge is -2.27. The molecule has 0 saturated heterocycles. The number of allylic oxidation sites excluding steroid dienone is 4. The van der Waals surface area contributed by atoms with Crippen molar-refractivity contribution in [2.75, 3.05) is 0 Å². The highest BCUT2D eigenvalue weighted by atomic mass is 14.3. The van der Waals surface area contributed by atoms with E-state index in [1.807, 2.05) is 12.1 Å². The summed E-state index contributed by atoms with van der Waals surface area (Å²) in [5.41, 5.74) is 2.16. The molecule has 1 aliphatic carbocycles. The highest BCUT2D eigenvalue weighted by molar-refractivity contribution is 5.33. The van der Waals surface area contributed by atoms with Gasteiger partial charge in [-0.1, -0.05) is 36.4 Å². The molecule has 2 rings (SSSR count). The highest BCUT2D eigenvalue weighted by Crippen LogP contribution is 2.36. The van der Waals surface area contributed by atoms with Crippen LogP contribution in [-0.4, -0.2) is 0 Å². The van der Waals surface area contributed by atoms with Crippen LogP contribution in [0.2, 0.25) is 0 Å². The predicted molar refractivity (Wildman–Crippen MR) is 84.4 cm³/mol. The van der Waals surface area contributed by atoms with Crippen molar-refractivity contribution in [2.24, 2.45) is 5.92 Å². The van der Waals surface area contributed by atoms with Crippen LogP contribution in [0.3, 0.4) is 0 Å². The van der Waals surface area contributed by atoms with E-state index in [0.29, 0.717) is 5.92 Å². The lowest BCUT2D eigenvalue weighted by atomic mass is 9.78. The SMILES string of the molecule is CC=CCC=CC1CCC(c2ccc(C#N)cc2)CC1. The largest absolute Gasteiger partial charge is 0.192 e. The molecule has 0 atom stereocenters. The van der Waals surface area contributed by atoms with Crippen molar-refractivity contribution in [1.29, 1.82) is 5.26 Å². The van der Waals surface area contributed by atoms with Crippen LogP contribution in [0.1, 0.15) is 56.1 Å². The molecule has 0 amide bonds. The zero-order valence-corrected chi connectivity index (χ0v) is 12.3. The van der Waals surface area contributed by atoms with Gasteiger partial charge in [-0.05, 0) is 68.6 Å². The van der Waals surface area contributed by atoms with Gasteiger partial charge in [-0.25, -0.2) is 0 Å². The van der Waals surface area contributed by atoms with E-state index < -0.39 is 0 Å². The second-order valence-corrected chi connectivity index (χ2v) is 5.58. The molecule has 0 radical (unpaired) electrons. The molecular weight excluding hydrogens is 242 g/mol. The van der Waals surface area contributed by atoms with Gasteiger partial charge in [-0.15, -0.1) is 0 Å². The molecule has 1 aromatic rings. The summed E-state index contributed by atoms with van der Waals surface area (Å²) in [6, 6.07) is 10.3. The Balaban J connectivity index is 1.84. The van der Waals surface area contributed by atoms with Crippen LogP contribution in [-0.2, 0) is 0 Å². The van der Waals surface area contributed by atoms with E-state index in [4.69, 9.17) is 5.26 Å². The van der Waals surface area contributed by atoms with Crippen molar-refractivity contribution in [3.8, 4) is 6.07 Å². The monoisotopic (exact) mass is 265 g/mol. The Hall–Kier alpha value is -1.81. The summed E-state index contributed by atoms with van der Waals surface area (Å²) in [5, 5.41) is 8.83. The zero-order valence-electron chi connectivity index (χ0n) is 12.3. The third kappa shape index (κ3) is 4.10.